The maximum Gasteiger partial charge on any atom is 0.178 e. The van der Waals surface area contributed by atoms with Crippen LogP contribution in [0.5, 0.6) is 11.5 Å². The molecular weight excluding hydrogens is 356 g/mol. The minimum Gasteiger partial charge on any atom is -0.486 e. The van der Waals surface area contributed by atoms with E-state index in [9.17, 15) is 9.90 Å². The zero-order valence-electron chi connectivity index (χ0n) is 17.0. The molecule has 0 aliphatic carbocycles. The van der Waals surface area contributed by atoms with Crippen molar-refractivity contribution in [1.29, 1.82) is 0 Å². The number of aliphatic hydroxyl groups is 1. The molecular formula is C22H30N2O4. The van der Waals surface area contributed by atoms with Crippen molar-refractivity contribution in [3.63, 3.8) is 0 Å². The third kappa shape index (κ3) is 4.56. The molecule has 0 spiro atoms. The Morgan fingerprint density at radius 2 is 2.00 bits per heavy atom. The molecule has 1 aliphatic heterocycles. The third-order valence-corrected chi connectivity index (χ3v) is 5.15. The number of para-hydroxylation sites is 2. The van der Waals surface area contributed by atoms with E-state index in [4.69, 9.17) is 9.47 Å². The Balaban J connectivity index is 1.71. The van der Waals surface area contributed by atoms with E-state index in [0.29, 0.717) is 26.2 Å². The SMILES string of the molecule is CCCN(CCO)CC(=O)c1cc(C)n(CC2COc3ccccc3O2)c1C. The first-order valence-corrected chi connectivity index (χ1v) is 9.95. The van der Waals surface area contributed by atoms with Crippen LogP contribution >= 0.6 is 0 Å². The number of ketones is 1. The lowest BCUT2D eigenvalue weighted by molar-refractivity contribution is 0.0777. The molecule has 2 heterocycles. The van der Waals surface area contributed by atoms with Crippen LogP contribution in [0.15, 0.2) is 30.3 Å². The van der Waals surface area contributed by atoms with Crippen LogP contribution in [0, 0.1) is 13.8 Å². The minimum atomic E-state index is -0.103. The Kier molecular flexibility index (Phi) is 6.75. The molecule has 0 fully saturated rings. The molecule has 3 rings (SSSR count). The van der Waals surface area contributed by atoms with Crippen molar-refractivity contribution >= 4 is 5.78 Å². The number of hydrogen-bond acceptors (Lipinski definition) is 5. The molecule has 2 aromatic rings. The number of aliphatic hydroxyl groups excluding tert-OH is 1. The molecule has 1 aliphatic rings. The van der Waals surface area contributed by atoms with Gasteiger partial charge in [-0.05, 0) is 45.0 Å². The first-order chi connectivity index (χ1) is 13.5. The summed E-state index contributed by atoms with van der Waals surface area (Å²) in [5.74, 6) is 1.62. The molecule has 1 N–H and O–H groups in total. The van der Waals surface area contributed by atoms with Gasteiger partial charge >= 0.3 is 0 Å². The van der Waals surface area contributed by atoms with Crippen molar-refractivity contribution in [3.8, 4) is 11.5 Å². The normalized spacial score (nSPS) is 15.8. The van der Waals surface area contributed by atoms with Gasteiger partial charge in [0.1, 0.15) is 6.61 Å². The number of carbonyl (C=O) groups is 1. The number of aromatic nitrogens is 1. The van der Waals surface area contributed by atoms with Crippen molar-refractivity contribution in [2.24, 2.45) is 0 Å². The standard InChI is InChI=1S/C22H30N2O4/c1-4-9-23(10-11-25)14-20(26)19-12-16(2)24(17(19)3)13-18-15-27-21-7-5-6-8-22(21)28-18/h5-8,12,18,25H,4,9-11,13-15H2,1-3H3. The second kappa shape index (κ2) is 9.26. The lowest BCUT2D eigenvalue weighted by atomic mass is 10.1. The predicted octanol–water partition coefficient (Wildman–Crippen LogP) is 2.83. The third-order valence-electron chi connectivity index (χ3n) is 5.15. The summed E-state index contributed by atoms with van der Waals surface area (Å²) in [6.07, 6.45) is 0.848. The highest BCUT2D eigenvalue weighted by Gasteiger charge is 2.24. The number of benzene rings is 1. The van der Waals surface area contributed by atoms with Crippen LogP contribution in [0.2, 0.25) is 0 Å². The van der Waals surface area contributed by atoms with Crippen molar-refractivity contribution in [2.45, 2.75) is 39.8 Å². The maximum absolute atomic E-state index is 12.9. The summed E-state index contributed by atoms with van der Waals surface area (Å²) in [6, 6.07) is 9.64. The fourth-order valence-electron chi connectivity index (χ4n) is 3.74. The number of nitrogens with zero attached hydrogens (tertiary/aromatic N) is 2. The first kappa shape index (κ1) is 20.4. The molecule has 0 radical (unpaired) electrons. The van der Waals surface area contributed by atoms with E-state index < -0.39 is 0 Å². The lowest BCUT2D eigenvalue weighted by Crippen LogP contribution is -2.34. The summed E-state index contributed by atoms with van der Waals surface area (Å²) < 4.78 is 14.0. The monoisotopic (exact) mass is 386 g/mol. The zero-order valence-corrected chi connectivity index (χ0v) is 17.0. The largest absolute Gasteiger partial charge is 0.486 e. The Morgan fingerprint density at radius 1 is 1.25 bits per heavy atom. The van der Waals surface area contributed by atoms with Gasteiger partial charge in [0.25, 0.3) is 0 Å². The molecule has 152 valence electrons. The number of carbonyl (C=O) groups excluding carboxylic acids is 1. The highest BCUT2D eigenvalue weighted by molar-refractivity contribution is 5.99. The van der Waals surface area contributed by atoms with E-state index in [1.165, 1.54) is 0 Å². The molecule has 0 bridgehead atoms. The van der Waals surface area contributed by atoms with Gasteiger partial charge in [0.2, 0.25) is 0 Å². The summed E-state index contributed by atoms with van der Waals surface area (Å²) in [5.41, 5.74) is 2.73. The molecule has 6 heteroatoms. The summed E-state index contributed by atoms with van der Waals surface area (Å²) >= 11 is 0. The van der Waals surface area contributed by atoms with Crippen LogP contribution < -0.4 is 9.47 Å². The number of fused-ring (bicyclic) bond motifs is 1. The molecule has 0 amide bonds. The van der Waals surface area contributed by atoms with Crippen LogP contribution in [0.4, 0.5) is 0 Å². The van der Waals surface area contributed by atoms with Gasteiger partial charge in [-0.3, -0.25) is 9.69 Å². The highest BCUT2D eigenvalue weighted by Crippen LogP contribution is 2.31. The van der Waals surface area contributed by atoms with E-state index >= 15 is 0 Å². The molecule has 0 saturated heterocycles. The zero-order chi connectivity index (χ0) is 20.1. The summed E-state index contributed by atoms with van der Waals surface area (Å²) in [7, 11) is 0. The van der Waals surface area contributed by atoms with Gasteiger partial charge in [-0.2, -0.15) is 0 Å². The fourth-order valence-corrected chi connectivity index (χ4v) is 3.74. The van der Waals surface area contributed by atoms with Crippen LogP contribution in [-0.4, -0.2) is 59.3 Å². The predicted molar refractivity (Wildman–Crippen MR) is 108 cm³/mol. The minimum absolute atomic E-state index is 0.0623. The van der Waals surface area contributed by atoms with Crippen molar-refractivity contribution in [1.82, 2.24) is 9.47 Å². The number of hydrogen-bond donors (Lipinski definition) is 1. The highest BCUT2D eigenvalue weighted by atomic mass is 16.6. The van der Waals surface area contributed by atoms with Gasteiger partial charge < -0.3 is 19.1 Å². The summed E-state index contributed by atoms with van der Waals surface area (Å²) in [5, 5.41) is 9.22. The van der Waals surface area contributed by atoms with Gasteiger partial charge in [0.05, 0.1) is 19.7 Å². The summed E-state index contributed by atoms with van der Waals surface area (Å²) in [4.78, 5) is 14.9. The number of aryl methyl sites for hydroxylation is 1. The Labute approximate surface area is 166 Å². The van der Waals surface area contributed by atoms with Gasteiger partial charge in [-0.25, -0.2) is 0 Å². The van der Waals surface area contributed by atoms with Crippen molar-refractivity contribution in [3.05, 3.63) is 47.3 Å². The number of Topliss-reactive ketones (excluding diaryl/α,β-unsaturated/α-hetero) is 1. The summed E-state index contributed by atoms with van der Waals surface area (Å²) in [6.45, 7) is 8.90. The van der Waals surface area contributed by atoms with Crippen molar-refractivity contribution in [2.75, 3.05) is 32.8 Å². The Hall–Kier alpha value is -2.31. The second-order valence-corrected chi connectivity index (χ2v) is 7.32. The van der Waals surface area contributed by atoms with Crippen LogP contribution in [0.1, 0.15) is 35.1 Å². The second-order valence-electron chi connectivity index (χ2n) is 7.32. The first-order valence-electron chi connectivity index (χ1n) is 9.95. The average molecular weight is 386 g/mol. The Morgan fingerprint density at radius 3 is 2.71 bits per heavy atom. The molecule has 28 heavy (non-hydrogen) atoms. The fraction of sp³-hybridized carbons (Fsp3) is 0.500. The van der Waals surface area contributed by atoms with E-state index in [1.807, 2.05) is 49.1 Å². The van der Waals surface area contributed by atoms with Crippen LogP contribution in [0.25, 0.3) is 0 Å². The van der Waals surface area contributed by atoms with E-state index in [0.717, 1.165) is 41.4 Å². The van der Waals surface area contributed by atoms with Gasteiger partial charge in [-0.15, -0.1) is 0 Å². The maximum atomic E-state index is 12.9. The van der Waals surface area contributed by atoms with E-state index in [-0.39, 0.29) is 18.5 Å². The van der Waals surface area contributed by atoms with Crippen LogP contribution in [0.3, 0.4) is 0 Å². The molecule has 1 aromatic heterocycles. The molecule has 6 nitrogen and oxygen atoms in total. The van der Waals surface area contributed by atoms with E-state index in [2.05, 4.69) is 11.5 Å². The molecule has 1 atom stereocenters. The average Bonchev–Trinajstić information content (AvgIpc) is 2.96. The van der Waals surface area contributed by atoms with E-state index in [1.54, 1.807) is 0 Å². The smallest absolute Gasteiger partial charge is 0.178 e. The van der Waals surface area contributed by atoms with Crippen LogP contribution in [-0.2, 0) is 6.54 Å². The Bertz CT molecular complexity index is 809. The number of rotatable bonds is 9. The topological polar surface area (TPSA) is 63.9 Å². The quantitative estimate of drug-likeness (QED) is 0.672. The molecule has 0 saturated carbocycles. The lowest BCUT2D eigenvalue weighted by Gasteiger charge is -2.27. The molecule has 1 aromatic carbocycles. The molecule has 1 unspecified atom stereocenters. The number of ether oxygens (including phenoxy) is 2. The van der Waals surface area contributed by atoms with Crippen molar-refractivity contribution < 1.29 is 19.4 Å². The van der Waals surface area contributed by atoms with Gasteiger partial charge in [0.15, 0.2) is 23.4 Å². The van der Waals surface area contributed by atoms with Gasteiger partial charge in [0, 0.05) is 23.5 Å². The van der Waals surface area contributed by atoms with Gasteiger partial charge in [-0.1, -0.05) is 19.1 Å².